The van der Waals surface area contributed by atoms with Gasteiger partial charge in [0.2, 0.25) is 12.0 Å². The minimum Gasteiger partial charge on any atom is -0.870 e. The van der Waals surface area contributed by atoms with Gasteiger partial charge in [-0.25, -0.2) is 10.2 Å². The van der Waals surface area contributed by atoms with Crippen molar-refractivity contribution in [3.63, 3.8) is 0 Å². The predicted octanol–water partition coefficient (Wildman–Crippen LogP) is 6.81. The molecule has 0 bridgehead atoms. The van der Waals surface area contributed by atoms with Crippen LogP contribution in [0.25, 0.3) is 0 Å². The van der Waals surface area contributed by atoms with E-state index in [2.05, 4.69) is 41.5 Å². The number of carbonyl (C=O) groups excluding carboxylic acids is 2. The number of nitrogens with one attached hydrogen (secondary N) is 1. The molecule has 50 heavy (non-hydrogen) atoms. The molecule has 5 aliphatic rings. The maximum atomic E-state index is 14.0. The maximum absolute atomic E-state index is 14.0. The van der Waals surface area contributed by atoms with Gasteiger partial charge in [0, 0.05) is 31.3 Å². The number of nitrogens with zero attached hydrogens (tertiary/aromatic N) is 1. The zero-order valence-electron chi connectivity index (χ0n) is 31.7. The van der Waals surface area contributed by atoms with Gasteiger partial charge in [-0.05, 0) is 64.7 Å². The summed E-state index contributed by atoms with van der Waals surface area (Å²) in [5.74, 6) is -0.395. The Morgan fingerprint density at radius 3 is 2.20 bits per heavy atom. The van der Waals surface area contributed by atoms with E-state index < -0.39 is 5.72 Å². The van der Waals surface area contributed by atoms with Gasteiger partial charge in [0.05, 0.1) is 25.9 Å². The summed E-state index contributed by atoms with van der Waals surface area (Å²) in [4.78, 5) is 27.8. The normalized spacial score (nSPS) is 33.5. The number of rotatable bonds is 19. The predicted molar refractivity (Wildman–Crippen MR) is 193 cm³/mol. The Morgan fingerprint density at radius 1 is 0.900 bits per heavy atom. The minimum atomic E-state index is -0.583. The molecular weight excluding hydrogens is 634 g/mol. The third-order valence-corrected chi connectivity index (χ3v) is 12.2. The van der Waals surface area contributed by atoms with Gasteiger partial charge >= 0.3 is 11.9 Å². The molecule has 0 aromatic rings. The maximum Gasteiger partial charge on any atom is 0.319 e. The van der Waals surface area contributed by atoms with E-state index in [1.165, 1.54) is 71.3 Å². The van der Waals surface area contributed by atoms with Gasteiger partial charge in [-0.15, -0.1) is 0 Å². The molecule has 0 aromatic carbocycles. The van der Waals surface area contributed by atoms with Gasteiger partial charge in [0.25, 0.3) is 0 Å². The van der Waals surface area contributed by atoms with Gasteiger partial charge < -0.3 is 24.4 Å². The summed E-state index contributed by atoms with van der Waals surface area (Å²) in [6, 6.07) is 0.554. The SMILES string of the molecule is CC[C@H]1C=CCC[C@@]2(C[C@@H]3CC[C@@H]4C(C(=O)OCCCCCCCCCCCCCCCCC(=O)OC)[C@]5(CCC[C@@H](C)O5)[NH2+]C(N2)N34)O1.[OH-]. The van der Waals surface area contributed by atoms with E-state index in [1.54, 1.807) is 0 Å². The lowest BCUT2D eigenvalue weighted by Crippen LogP contribution is -3.12. The zero-order chi connectivity index (χ0) is 34.5. The summed E-state index contributed by atoms with van der Waals surface area (Å²) in [7, 11) is 1.46. The molecule has 2 spiro atoms. The highest BCUT2D eigenvalue weighted by molar-refractivity contribution is 5.75. The minimum absolute atomic E-state index is 0. The van der Waals surface area contributed by atoms with Gasteiger partial charge in [-0.3, -0.25) is 14.9 Å². The molecule has 4 saturated heterocycles. The molecule has 5 aliphatic heterocycles. The largest absolute Gasteiger partial charge is 0.870 e. The first kappa shape index (κ1) is 41.2. The van der Waals surface area contributed by atoms with E-state index in [9.17, 15) is 9.59 Å². The zero-order valence-corrected chi connectivity index (χ0v) is 31.7. The molecule has 0 saturated carbocycles. The number of allylic oxidation sites excluding steroid dienone is 1. The highest BCUT2D eigenvalue weighted by Gasteiger charge is 2.66. The Labute approximate surface area is 302 Å². The first-order chi connectivity index (χ1) is 23.9. The van der Waals surface area contributed by atoms with E-state index in [4.69, 9.17) is 18.9 Å². The highest BCUT2D eigenvalue weighted by atomic mass is 16.6. The van der Waals surface area contributed by atoms with E-state index in [1.807, 2.05) is 0 Å². The molecule has 0 radical (unpaired) electrons. The van der Waals surface area contributed by atoms with Crippen molar-refractivity contribution in [1.29, 1.82) is 0 Å². The van der Waals surface area contributed by atoms with Crippen molar-refractivity contribution in [3.8, 4) is 0 Å². The number of unbranched alkanes of at least 4 members (excludes halogenated alkanes) is 13. The number of ether oxygens (including phenoxy) is 4. The quantitative estimate of drug-likeness (QED) is 0.0845. The van der Waals surface area contributed by atoms with Gasteiger partial charge in [-0.2, -0.15) is 0 Å². The molecule has 8 atom stereocenters. The fraction of sp³-hybridized carbons (Fsp3) is 0.900. The Bertz CT molecular complexity index is 1060. The topological polar surface area (TPSA) is 133 Å². The summed E-state index contributed by atoms with van der Waals surface area (Å²) in [6.45, 7) is 4.89. The smallest absolute Gasteiger partial charge is 0.319 e. The summed E-state index contributed by atoms with van der Waals surface area (Å²) in [6.07, 6.45) is 31.6. The number of hydrogen-bond acceptors (Lipinski definition) is 9. The molecule has 288 valence electrons. The molecule has 4 N–H and O–H groups in total. The Kier molecular flexibility index (Phi) is 17.0. The molecule has 10 nitrogen and oxygen atoms in total. The van der Waals surface area contributed by atoms with Crippen molar-refractivity contribution in [1.82, 2.24) is 10.2 Å². The molecule has 10 heteroatoms. The Hall–Kier alpha value is -1.56. The van der Waals surface area contributed by atoms with Crippen LogP contribution < -0.4 is 10.6 Å². The Balaban J connectivity index is 0.00000562. The van der Waals surface area contributed by atoms with Crippen molar-refractivity contribution in [3.05, 3.63) is 12.2 Å². The van der Waals surface area contributed by atoms with E-state index in [-0.39, 0.29) is 53.6 Å². The lowest BCUT2D eigenvalue weighted by atomic mass is 9.79. The van der Waals surface area contributed by atoms with Crippen molar-refractivity contribution in [2.24, 2.45) is 5.92 Å². The van der Waals surface area contributed by atoms with Crippen molar-refractivity contribution in [2.75, 3.05) is 13.7 Å². The summed E-state index contributed by atoms with van der Waals surface area (Å²) >= 11 is 0. The summed E-state index contributed by atoms with van der Waals surface area (Å²) in [5.41, 5.74) is -0.912. The van der Waals surface area contributed by atoms with Crippen LogP contribution in [0.5, 0.6) is 0 Å². The van der Waals surface area contributed by atoms with Crippen LogP contribution in [0.3, 0.4) is 0 Å². The third-order valence-electron chi connectivity index (χ3n) is 12.2. The van der Waals surface area contributed by atoms with Crippen LogP contribution in [-0.4, -0.2) is 78.1 Å². The number of hydrogen-bond donors (Lipinski definition) is 2. The lowest BCUT2D eigenvalue weighted by molar-refractivity contribution is -0.841. The van der Waals surface area contributed by atoms with Crippen LogP contribution in [0.15, 0.2) is 12.2 Å². The number of carbonyl (C=O) groups is 2. The third kappa shape index (κ3) is 11.0. The monoisotopic (exact) mass is 706 g/mol. The van der Waals surface area contributed by atoms with Gasteiger partial charge in [0.1, 0.15) is 5.72 Å². The van der Waals surface area contributed by atoms with Crippen LogP contribution in [0, 0.1) is 5.92 Å². The highest BCUT2D eigenvalue weighted by Crippen LogP contribution is 2.46. The standard InChI is InChI=1S/C40H69N3O6.H2O/c1-4-33-23-18-19-27-39(49-33)30-32-25-26-34-36(40(28-21-22-31(2)48-40)42-38(41-39)43(32)34)37(45)47-29-20-16-14-12-10-8-6-5-7-9-11-13-15-17-24-35(44)46-3;/h18,23,31-34,36,38,41-42H,4-17,19-22,24-30H2,1-3H3;1H2/t31-,32+,33+,34-,36?,38?,39+,40-;/m1./s1. The second-order valence-corrected chi connectivity index (χ2v) is 15.9. The van der Waals surface area contributed by atoms with Gasteiger partial charge in [0.15, 0.2) is 5.92 Å². The molecular formula is C40H71N3O7. The molecule has 2 unspecified atom stereocenters. The first-order valence-corrected chi connectivity index (χ1v) is 20.6. The fourth-order valence-electron chi connectivity index (χ4n) is 9.67. The first-order valence-electron chi connectivity index (χ1n) is 20.6. The van der Waals surface area contributed by atoms with Crippen LogP contribution in [-0.2, 0) is 28.5 Å². The van der Waals surface area contributed by atoms with Gasteiger partial charge in [-0.1, -0.05) is 96.1 Å². The lowest BCUT2D eigenvalue weighted by Gasteiger charge is -2.57. The van der Waals surface area contributed by atoms with Crippen LogP contribution in [0.2, 0.25) is 0 Å². The molecule has 0 amide bonds. The summed E-state index contributed by atoms with van der Waals surface area (Å²) < 4.78 is 24.5. The van der Waals surface area contributed by atoms with Crippen molar-refractivity contribution >= 4 is 11.9 Å². The average Bonchev–Trinajstić information content (AvgIpc) is 3.39. The fourth-order valence-corrected chi connectivity index (χ4v) is 9.67. The number of methoxy groups -OCH3 is 1. The number of nitrogens with two attached hydrogens (primary N) is 1. The van der Waals surface area contributed by atoms with Crippen LogP contribution in [0.4, 0.5) is 0 Å². The van der Waals surface area contributed by atoms with Crippen molar-refractivity contribution < 1.29 is 39.3 Å². The molecule has 5 rings (SSSR count). The number of esters is 2. The van der Waals surface area contributed by atoms with E-state index in [0.29, 0.717) is 19.1 Å². The summed E-state index contributed by atoms with van der Waals surface area (Å²) in [5, 5.41) is 6.36. The Morgan fingerprint density at radius 2 is 1.56 bits per heavy atom. The molecule has 0 aromatic heterocycles. The molecule has 4 fully saturated rings. The number of quaternary nitrogens is 1. The average molecular weight is 706 g/mol. The van der Waals surface area contributed by atoms with E-state index >= 15 is 0 Å². The molecule has 5 heterocycles. The van der Waals surface area contributed by atoms with Crippen LogP contribution >= 0.6 is 0 Å². The second-order valence-electron chi connectivity index (χ2n) is 15.9. The van der Waals surface area contributed by atoms with Crippen LogP contribution in [0.1, 0.15) is 168 Å². The van der Waals surface area contributed by atoms with Crippen molar-refractivity contribution in [2.45, 2.75) is 210 Å². The van der Waals surface area contributed by atoms with E-state index in [0.717, 1.165) is 83.5 Å². The second kappa shape index (κ2) is 20.6. The molecule has 0 aliphatic carbocycles.